The number of rotatable bonds is 2. The number of carbonyl (C=O) groups is 1. The first kappa shape index (κ1) is 17.3. The molecule has 1 aliphatic heterocycles. The monoisotopic (exact) mass is 364 g/mol. The highest BCUT2D eigenvalue weighted by Gasteiger charge is 2.27. The molecule has 4 nitrogen and oxygen atoms in total. The number of amides is 1. The van der Waals surface area contributed by atoms with Gasteiger partial charge in [-0.1, -0.05) is 0 Å². The number of halogens is 1. The van der Waals surface area contributed by atoms with Crippen molar-refractivity contribution in [1.82, 2.24) is 5.32 Å². The van der Waals surface area contributed by atoms with Crippen molar-refractivity contribution in [2.45, 2.75) is 31.7 Å². The number of fused-ring (bicyclic) bond motifs is 2. The number of anilines is 1. The number of hydrogen-bond acceptors (Lipinski definition) is 4. The molecule has 24 heavy (non-hydrogen) atoms. The summed E-state index contributed by atoms with van der Waals surface area (Å²) >= 11 is 1.77. The first-order valence-corrected chi connectivity index (χ1v) is 9.03. The van der Waals surface area contributed by atoms with Crippen LogP contribution in [0.2, 0.25) is 0 Å². The number of ether oxygens (including phenoxy) is 1. The second-order valence-corrected chi connectivity index (χ2v) is 7.08. The summed E-state index contributed by atoms with van der Waals surface area (Å²) in [7, 11) is 0. The molecule has 1 aliphatic carbocycles. The summed E-state index contributed by atoms with van der Waals surface area (Å²) in [6, 6.07) is 8.01. The fraction of sp³-hybridized carbons (Fsp3) is 0.389. The Morgan fingerprint density at radius 2 is 2.25 bits per heavy atom. The molecule has 0 fully saturated rings. The molecule has 2 aliphatic rings. The molecule has 0 bridgehead atoms. The van der Waals surface area contributed by atoms with Crippen molar-refractivity contribution in [2.75, 3.05) is 18.5 Å². The second-order valence-electron chi connectivity index (χ2n) is 6.08. The zero-order valence-electron chi connectivity index (χ0n) is 13.3. The molecule has 1 aromatic carbocycles. The first-order valence-electron chi connectivity index (χ1n) is 8.15. The van der Waals surface area contributed by atoms with E-state index in [1.165, 1.54) is 10.4 Å². The van der Waals surface area contributed by atoms with Crippen molar-refractivity contribution in [3.8, 4) is 5.75 Å². The summed E-state index contributed by atoms with van der Waals surface area (Å²) < 4.78 is 5.69. The number of hydrogen-bond donors (Lipinski definition) is 2. The van der Waals surface area contributed by atoms with Gasteiger partial charge in [0, 0.05) is 29.2 Å². The molecule has 0 saturated heterocycles. The van der Waals surface area contributed by atoms with Crippen molar-refractivity contribution in [2.24, 2.45) is 0 Å². The summed E-state index contributed by atoms with van der Waals surface area (Å²) in [6.07, 6.45) is 3.14. The standard InChI is InChI=1S/C18H20N2O2S.ClH/c21-18(15-2-1-3-17-14(15)6-9-23-17)20-13-4-5-16-12(10-13)11-19-7-8-22-16;/h4-6,9-10,15,19H,1-3,7-8,11H2,(H,20,21);1H. The quantitative estimate of drug-likeness (QED) is 0.854. The highest BCUT2D eigenvalue weighted by atomic mass is 35.5. The van der Waals surface area contributed by atoms with Gasteiger partial charge in [-0.25, -0.2) is 0 Å². The van der Waals surface area contributed by atoms with E-state index >= 15 is 0 Å². The molecule has 0 radical (unpaired) electrons. The Labute approximate surface area is 152 Å². The first-order chi connectivity index (χ1) is 11.3. The topological polar surface area (TPSA) is 50.4 Å². The van der Waals surface area contributed by atoms with Gasteiger partial charge in [0.15, 0.2) is 0 Å². The Kier molecular flexibility index (Phi) is 5.43. The van der Waals surface area contributed by atoms with Gasteiger partial charge < -0.3 is 15.4 Å². The van der Waals surface area contributed by atoms with Gasteiger partial charge >= 0.3 is 0 Å². The predicted molar refractivity (Wildman–Crippen MR) is 99.5 cm³/mol. The smallest absolute Gasteiger partial charge is 0.231 e. The molecule has 128 valence electrons. The molecule has 0 saturated carbocycles. The van der Waals surface area contributed by atoms with E-state index in [4.69, 9.17) is 4.74 Å². The molecule has 1 unspecified atom stereocenters. The van der Waals surface area contributed by atoms with Crippen LogP contribution >= 0.6 is 23.7 Å². The number of aryl methyl sites for hydroxylation is 1. The molecule has 1 aromatic heterocycles. The minimum Gasteiger partial charge on any atom is -0.492 e. The molecule has 2 aromatic rings. The third-order valence-electron chi connectivity index (χ3n) is 4.55. The summed E-state index contributed by atoms with van der Waals surface area (Å²) in [5.41, 5.74) is 3.17. The molecule has 2 heterocycles. The maximum absolute atomic E-state index is 12.7. The Bertz CT molecular complexity index is 732. The fourth-order valence-corrected chi connectivity index (χ4v) is 4.37. The van der Waals surface area contributed by atoms with E-state index in [9.17, 15) is 4.79 Å². The van der Waals surface area contributed by atoms with E-state index in [0.717, 1.165) is 49.4 Å². The largest absolute Gasteiger partial charge is 0.492 e. The van der Waals surface area contributed by atoms with Crippen molar-refractivity contribution >= 4 is 35.3 Å². The number of thiophene rings is 1. The van der Waals surface area contributed by atoms with Crippen molar-refractivity contribution in [3.63, 3.8) is 0 Å². The average molecular weight is 365 g/mol. The predicted octanol–water partition coefficient (Wildman–Crippen LogP) is 3.71. The lowest BCUT2D eigenvalue weighted by atomic mass is 9.87. The van der Waals surface area contributed by atoms with Crippen LogP contribution in [0.15, 0.2) is 29.6 Å². The van der Waals surface area contributed by atoms with E-state index in [0.29, 0.717) is 6.61 Å². The molecule has 2 N–H and O–H groups in total. The van der Waals surface area contributed by atoms with Gasteiger partial charge in [-0.2, -0.15) is 0 Å². The summed E-state index contributed by atoms with van der Waals surface area (Å²) in [4.78, 5) is 14.1. The van der Waals surface area contributed by atoms with Gasteiger partial charge in [-0.3, -0.25) is 4.79 Å². The maximum atomic E-state index is 12.7. The molecule has 1 atom stereocenters. The van der Waals surface area contributed by atoms with Crippen molar-refractivity contribution in [3.05, 3.63) is 45.6 Å². The maximum Gasteiger partial charge on any atom is 0.231 e. The highest BCUT2D eigenvalue weighted by Crippen LogP contribution is 2.36. The van der Waals surface area contributed by atoms with Crippen LogP contribution in [0.5, 0.6) is 5.75 Å². The lowest BCUT2D eigenvalue weighted by molar-refractivity contribution is -0.117. The lowest BCUT2D eigenvalue weighted by Gasteiger charge is -2.22. The third-order valence-corrected chi connectivity index (χ3v) is 5.54. The zero-order chi connectivity index (χ0) is 15.6. The normalized spacial score (nSPS) is 19.1. The van der Waals surface area contributed by atoms with Crippen LogP contribution in [0, 0.1) is 0 Å². The number of nitrogens with one attached hydrogen (secondary N) is 2. The Morgan fingerprint density at radius 3 is 3.17 bits per heavy atom. The Hall–Kier alpha value is -1.56. The minimum absolute atomic E-state index is 0. The van der Waals surface area contributed by atoms with Gasteiger partial charge in [0.2, 0.25) is 5.91 Å². The molecule has 0 spiro atoms. The summed E-state index contributed by atoms with van der Waals surface area (Å²) in [5.74, 6) is 0.996. The average Bonchev–Trinajstić information content (AvgIpc) is 2.93. The van der Waals surface area contributed by atoms with Crippen LogP contribution in [-0.4, -0.2) is 19.1 Å². The van der Waals surface area contributed by atoms with Crippen LogP contribution < -0.4 is 15.4 Å². The fourth-order valence-electron chi connectivity index (χ4n) is 3.38. The molecular weight excluding hydrogens is 344 g/mol. The molecule has 6 heteroatoms. The van der Waals surface area contributed by atoms with Crippen LogP contribution in [-0.2, 0) is 17.8 Å². The molecule has 1 amide bonds. The van der Waals surface area contributed by atoms with Gasteiger partial charge in [-0.15, -0.1) is 23.7 Å². The van der Waals surface area contributed by atoms with Crippen LogP contribution in [0.3, 0.4) is 0 Å². The zero-order valence-corrected chi connectivity index (χ0v) is 15.0. The van der Waals surface area contributed by atoms with Gasteiger partial charge in [0.05, 0.1) is 5.92 Å². The summed E-state index contributed by atoms with van der Waals surface area (Å²) in [6.45, 7) is 2.30. The van der Waals surface area contributed by atoms with Crippen molar-refractivity contribution < 1.29 is 9.53 Å². The summed E-state index contributed by atoms with van der Waals surface area (Å²) in [5, 5.41) is 8.51. The van der Waals surface area contributed by atoms with Gasteiger partial charge in [0.1, 0.15) is 12.4 Å². The number of benzene rings is 1. The third kappa shape index (κ3) is 3.43. The Balaban J connectivity index is 0.00000169. The second kappa shape index (κ2) is 7.55. The van der Waals surface area contributed by atoms with Gasteiger partial charge in [-0.05, 0) is 54.5 Å². The van der Waals surface area contributed by atoms with E-state index in [1.54, 1.807) is 11.3 Å². The lowest BCUT2D eigenvalue weighted by Crippen LogP contribution is -2.24. The van der Waals surface area contributed by atoms with Crippen LogP contribution in [0.4, 0.5) is 5.69 Å². The van der Waals surface area contributed by atoms with Crippen molar-refractivity contribution in [1.29, 1.82) is 0 Å². The Morgan fingerprint density at radius 1 is 1.33 bits per heavy atom. The number of carbonyl (C=O) groups excluding carboxylic acids is 1. The molecular formula is C18H21ClN2O2S. The van der Waals surface area contributed by atoms with Crippen LogP contribution in [0.25, 0.3) is 0 Å². The van der Waals surface area contributed by atoms with Crippen LogP contribution in [0.1, 0.15) is 34.8 Å². The molecule has 4 rings (SSSR count). The van der Waals surface area contributed by atoms with E-state index in [2.05, 4.69) is 22.1 Å². The highest BCUT2D eigenvalue weighted by molar-refractivity contribution is 7.10. The van der Waals surface area contributed by atoms with Gasteiger partial charge in [0.25, 0.3) is 0 Å². The SMILES string of the molecule is Cl.O=C(Nc1ccc2c(c1)CNCCO2)C1CCCc2sccc21. The van der Waals surface area contributed by atoms with E-state index in [1.807, 2.05) is 18.2 Å². The van der Waals surface area contributed by atoms with E-state index < -0.39 is 0 Å². The van der Waals surface area contributed by atoms with E-state index in [-0.39, 0.29) is 24.2 Å². The minimum atomic E-state index is -0.0156.